The van der Waals surface area contributed by atoms with Crippen LogP contribution in [-0.4, -0.2) is 24.3 Å². The van der Waals surface area contributed by atoms with E-state index < -0.39 is 40.5 Å². The highest BCUT2D eigenvalue weighted by Gasteiger charge is 2.29. The second kappa shape index (κ2) is 10.5. The third-order valence-electron chi connectivity index (χ3n) is 6.58. The number of pyridine rings is 1. The molecule has 0 saturated heterocycles. The van der Waals surface area contributed by atoms with Crippen molar-refractivity contribution in [1.82, 2.24) is 4.57 Å². The van der Waals surface area contributed by atoms with Gasteiger partial charge in [-0.15, -0.1) is 11.3 Å². The molecule has 4 aromatic rings. The maximum atomic E-state index is 15.8. The number of thiophene rings is 1. The number of aryl methyl sites for hydroxylation is 1. The summed E-state index contributed by atoms with van der Waals surface area (Å²) in [6.45, 7) is 1.52. The molecule has 1 aliphatic rings. The van der Waals surface area contributed by atoms with Gasteiger partial charge in [-0.1, -0.05) is 5.11 Å². The van der Waals surface area contributed by atoms with Gasteiger partial charge in [-0.2, -0.15) is 0 Å². The maximum absolute atomic E-state index is 15.8. The molecule has 200 valence electrons. The zero-order valence-corrected chi connectivity index (χ0v) is 21.7. The maximum Gasteiger partial charge on any atom is 0.343 e. The van der Waals surface area contributed by atoms with Crippen LogP contribution in [0.15, 0.2) is 46.4 Å². The van der Waals surface area contributed by atoms with Crippen molar-refractivity contribution in [2.45, 2.75) is 32.2 Å². The number of esters is 1. The molecule has 0 bridgehead atoms. The van der Waals surface area contributed by atoms with Crippen LogP contribution in [-0.2, 0) is 11.2 Å². The van der Waals surface area contributed by atoms with E-state index in [1.54, 1.807) is 13.0 Å². The lowest BCUT2D eigenvalue weighted by Crippen LogP contribution is -2.21. The number of aromatic nitrogens is 1. The van der Waals surface area contributed by atoms with Gasteiger partial charge in [0.05, 0.1) is 36.4 Å². The fourth-order valence-electron chi connectivity index (χ4n) is 4.91. The monoisotopic (exact) mass is 554 g/mol. The van der Waals surface area contributed by atoms with Crippen molar-refractivity contribution >= 4 is 28.2 Å². The first kappa shape index (κ1) is 26.3. The first-order chi connectivity index (χ1) is 18.8. The molecule has 2 heterocycles. The zero-order valence-electron chi connectivity index (χ0n) is 20.8. The average Bonchev–Trinajstić information content (AvgIpc) is 3.34. The van der Waals surface area contributed by atoms with E-state index in [0.717, 1.165) is 52.2 Å². The third-order valence-corrected chi connectivity index (χ3v) is 7.81. The van der Waals surface area contributed by atoms with Crippen molar-refractivity contribution in [1.29, 1.82) is 0 Å². The SMILES string of the molecule is CCOC(=O)c1cn(-c2ccc(F)cc2F)c2c(OC)c(-c3cc4c(s3)CCCC4N=[N+]=[N-])c(F)cc2c1=O. The summed E-state index contributed by atoms with van der Waals surface area (Å²) < 4.78 is 56.4. The lowest BCUT2D eigenvalue weighted by molar-refractivity contribution is 0.0524. The molecular weight excluding hydrogens is 533 g/mol. The van der Waals surface area contributed by atoms with E-state index in [4.69, 9.17) is 15.0 Å². The van der Waals surface area contributed by atoms with Gasteiger partial charge in [-0.05, 0) is 61.5 Å². The lowest BCUT2D eigenvalue weighted by Gasteiger charge is -2.19. The Kier molecular flexibility index (Phi) is 7.07. The van der Waals surface area contributed by atoms with Gasteiger partial charge in [0.15, 0.2) is 5.75 Å². The molecule has 5 rings (SSSR count). The summed E-state index contributed by atoms with van der Waals surface area (Å²) in [5.74, 6) is -3.67. The second-order valence-electron chi connectivity index (χ2n) is 8.82. The van der Waals surface area contributed by atoms with Crippen LogP contribution in [0.25, 0.3) is 37.5 Å². The average molecular weight is 555 g/mol. The van der Waals surface area contributed by atoms with Crippen molar-refractivity contribution in [2.24, 2.45) is 5.11 Å². The Morgan fingerprint density at radius 3 is 2.72 bits per heavy atom. The molecule has 0 spiro atoms. The quantitative estimate of drug-likeness (QED) is 0.111. The van der Waals surface area contributed by atoms with Gasteiger partial charge < -0.3 is 14.0 Å². The summed E-state index contributed by atoms with van der Waals surface area (Å²) in [5, 5.41) is 3.62. The minimum absolute atomic E-state index is 0.0173. The predicted molar refractivity (Wildman–Crippen MR) is 140 cm³/mol. The molecule has 0 amide bonds. The van der Waals surface area contributed by atoms with Gasteiger partial charge in [0.1, 0.15) is 28.5 Å². The standard InChI is InChI=1S/C27H21F3N4O4S/c1-3-38-27(36)16-12-34(20-8-7-13(28)9-17(20)29)24-15(25(16)35)10-18(30)23(26(24)37-2)22-11-14-19(32-33-31)5-4-6-21(14)39-22/h7-12,19H,3-6H2,1-2H3. The normalized spacial score (nSPS) is 14.5. The Morgan fingerprint density at radius 1 is 1.23 bits per heavy atom. The molecule has 0 N–H and O–H groups in total. The van der Waals surface area contributed by atoms with Crippen molar-refractivity contribution in [2.75, 3.05) is 13.7 Å². The number of ether oxygens (including phenoxy) is 2. The Hall–Kier alpha value is -4.28. The number of methoxy groups -OCH3 is 1. The summed E-state index contributed by atoms with van der Waals surface area (Å²) in [6.07, 6.45) is 3.27. The van der Waals surface area contributed by atoms with E-state index in [-0.39, 0.29) is 34.5 Å². The van der Waals surface area contributed by atoms with Crippen LogP contribution < -0.4 is 10.2 Å². The van der Waals surface area contributed by atoms with Crippen LogP contribution >= 0.6 is 11.3 Å². The number of carbonyl (C=O) groups is 1. The molecule has 1 aliphatic carbocycles. The van der Waals surface area contributed by atoms with Gasteiger partial charge in [0.25, 0.3) is 0 Å². The molecule has 1 atom stereocenters. The van der Waals surface area contributed by atoms with Crippen LogP contribution in [0.1, 0.15) is 46.6 Å². The molecule has 1 unspecified atom stereocenters. The number of carbonyl (C=O) groups excluding carboxylic acids is 1. The fraction of sp³-hybridized carbons (Fsp3) is 0.259. The van der Waals surface area contributed by atoms with Crippen molar-refractivity contribution in [3.8, 4) is 21.9 Å². The molecule has 0 aliphatic heterocycles. The first-order valence-corrected chi connectivity index (χ1v) is 12.9. The van der Waals surface area contributed by atoms with Crippen LogP contribution in [0.5, 0.6) is 5.75 Å². The Morgan fingerprint density at radius 2 is 2.03 bits per heavy atom. The number of azide groups is 1. The summed E-state index contributed by atoms with van der Waals surface area (Å²) in [5.41, 5.74) is 8.28. The largest absolute Gasteiger partial charge is 0.494 e. The molecule has 2 aromatic carbocycles. The zero-order chi connectivity index (χ0) is 27.8. The van der Waals surface area contributed by atoms with Gasteiger partial charge in [-0.25, -0.2) is 18.0 Å². The predicted octanol–water partition coefficient (Wildman–Crippen LogP) is 7.01. The molecule has 12 heteroatoms. The van der Waals surface area contributed by atoms with Crippen molar-refractivity contribution in [3.63, 3.8) is 0 Å². The van der Waals surface area contributed by atoms with E-state index in [0.29, 0.717) is 17.4 Å². The number of hydrogen-bond acceptors (Lipinski definition) is 6. The van der Waals surface area contributed by atoms with E-state index in [2.05, 4.69) is 10.0 Å². The number of benzene rings is 2. The highest BCUT2D eigenvalue weighted by molar-refractivity contribution is 7.15. The number of rotatable bonds is 6. The molecule has 0 saturated carbocycles. The van der Waals surface area contributed by atoms with Gasteiger partial charge in [0, 0.05) is 26.9 Å². The van der Waals surface area contributed by atoms with Crippen LogP contribution in [0.2, 0.25) is 0 Å². The fourth-order valence-corrected chi connectivity index (χ4v) is 6.22. The van der Waals surface area contributed by atoms with E-state index in [1.165, 1.54) is 18.4 Å². The second-order valence-corrected chi connectivity index (χ2v) is 9.96. The highest BCUT2D eigenvalue weighted by atomic mass is 32.1. The van der Waals surface area contributed by atoms with Crippen LogP contribution in [0, 0.1) is 17.5 Å². The Balaban J connectivity index is 1.87. The minimum Gasteiger partial charge on any atom is -0.494 e. The highest BCUT2D eigenvalue weighted by Crippen LogP contribution is 2.47. The Labute approximate surface area is 223 Å². The topological polar surface area (TPSA) is 106 Å². The van der Waals surface area contributed by atoms with E-state index in [1.807, 2.05) is 0 Å². The Bertz CT molecular complexity index is 1740. The van der Waals surface area contributed by atoms with Crippen LogP contribution in [0.3, 0.4) is 0 Å². The summed E-state index contributed by atoms with van der Waals surface area (Å²) >= 11 is 1.31. The number of fused-ring (bicyclic) bond motifs is 2. The summed E-state index contributed by atoms with van der Waals surface area (Å²) in [4.78, 5) is 30.3. The van der Waals surface area contributed by atoms with Gasteiger partial charge in [0.2, 0.25) is 5.43 Å². The smallest absolute Gasteiger partial charge is 0.343 e. The van der Waals surface area contributed by atoms with Crippen molar-refractivity contribution in [3.05, 3.63) is 90.7 Å². The lowest BCUT2D eigenvalue weighted by atomic mass is 9.94. The van der Waals surface area contributed by atoms with Crippen molar-refractivity contribution < 1.29 is 27.4 Å². The molecule has 0 fully saturated rings. The molecule has 0 radical (unpaired) electrons. The van der Waals surface area contributed by atoms with Crippen LogP contribution in [0.4, 0.5) is 13.2 Å². The molecule has 39 heavy (non-hydrogen) atoms. The summed E-state index contributed by atoms with van der Waals surface area (Å²) in [7, 11) is 1.28. The number of hydrogen-bond donors (Lipinski definition) is 0. The molecule has 8 nitrogen and oxygen atoms in total. The van der Waals surface area contributed by atoms with Gasteiger partial charge >= 0.3 is 5.97 Å². The number of nitrogens with zero attached hydrogens (tertiary/aromatic N) is 4. The molecular formula is C27H21F3N4O4S. The first-order valence-electron chi connectivity index (χ1n) is 12.0. The van der Waals surface area contributed by atoms with Gasteiger partial charge in [-0.3, -0.25) is 4.79 Å². The molecule has 2 aromatic heterocycles. The van der Waals surface area contributed by atoms with E-state index in [9.17, 15) is 14.0 Å². The minimum atomic E-state index is -0.980. The van der Waals surface area contributed by atoms with E-state index >= 15 is 8.78 Å². The third kappa shape index (κ3) is 4.51. The number of halogens is 3. The summed E-state index contributed by atoms with van der Waals surface area (Å²) in [6, 6.07) is 5.13.